The Bertz CT molecular complexity index is 818. The van der Waals surface area contributed by atoms with E-state index in [-0.39, 0.29) is 18.3 Å². The molecule has 2 aromatic carbocycles. The highest BCUT2D eigenvalue weighted by Crippen LogP contribution is 2.21. The fraction of sp³-hybridized carbons (Fsp3) is 0.263. The minimum absolute atomic E-state index is 0. The quantitative estimate of drug-likeness (QED) is 0.630. The van der Waals surface area contributed by atoms with Gasteiger partial charge in [-0.2, -0.15) is 0 Å². The molecule has 0 fully saturated rings. The molecule has 0 bridgehead atoms. The van der Waals surface area contributed by atoms with Gasteiger partial charge in [-0.1, -0.05) is 30.3 Å². The maximum Gasteiger partial charge on any atom is 0.224 e. The average Bonchev–Trinajstić information content (AvgIpc) is 2.97. The topological polar surface area (TPSA) is 67.2 Å². The molecule has 0 aliphatic carbocycles. The van der Waals surface area contributed by atoms with E-state index in [1.54, 1.807) is 0 Å². The van der Waals surface area contributed by atoms with Crippen molar-refractivity contribution in [3.8, 4) is 0 Å². The molecule has 2 N–H and O–H groups in total. The van der Waals surface area contributed by atoms with E-state index in [4.69, 9.17) is 4.42 Å². The molecular weight excluding hydrogens is 338 g/mol. The lowest BCUT2D eigenvalue weighted by molar-refractivity contribution is -0.116. The monoisotopic (exact) mass is 359 g/mol. The Morgan fingerprint density at radius 3 is 2.72 bits per heavy atom. The SMILES string of the molecule is CNCCCC(=O)Nc1ccc2nc(Cc3ccccc3)oc2c1.Cl. The number of hydrogen-bond acceptors (Lipinski definition) is 4. The lowest BCUT2D eigenvalue weighted by atomic mass is 10.1. The second-order valence-electron chi connectivity index (χ2n) is 5.71. The van der Waals surface area contributed by atoms with Gasteiger partial charge >= 0.3 is 0 Å². The molecule has 5 nitrogen and oxygen atoms in total. The van der Waals surface area contributed by atoms with Gasteiger partial charge in [-0.3, -0.25) is 4.79 Å². The molecular formula is C19H22ClN3O2. The lowest BCUT2D eigenvalue weighted by Crippen LogP contribution is -2.15. The predicted molar refractivity (Wildman–Crippen MR) is 102 cm³/mol. The van der Waals surface area contributed by atoms with Gasteiger partial charge < -0.3 is 15.1 Å². The van der Waals surface area contributed by atoms with E-state index in [9.17, 15) is 4.79 Å². The number of fused-ring (bicyclic) bond motifs is 1. The van der Waals surface area contributed by atoms with Crippen molar-refractivity contribution in [1.29, 1.82) is 0 Å². The standard InChI is InChI=1S/C19H21N3O2.ClH/c1-20-11-5-8-18(23)21-15-9-10-16-17(13-15)24-19(22-16)12-14-6-3-2-4-7-14;/h2-4,6-7,9-10,13,20H,5,8,11-12H2,1H3,(H,21,23);1H. The Morgan fingerprint density at radius 2 is 1.96 bits per heavy atom. The second-order valence-corrected chi connectivity index (χ2v) is 5.71. The molecule has 3 aromatic rings. The number of benzene rings is 2. The first-order chi connectivity index (χ1) is 11.7. The summed E-state index contributed by atoms with van der Waals surface area (Å²) in [7, 11) is 1.88. The minimum Gasteiger partial charge on any atom is -0.440 e. The Morgan fingerprint density at radius 1 is 1.16 bits per heavy atom. The maximum atomic E-state index is 11.9. The molecule has 0 unspecified atom stereocenters. The van der Waals surface area contributed by atoms with E-state index in [1.165, 1.54) is 0 Å². The maximum absolute atomic E-state index is 11.9. The third kappa shape index (κ3) is 5.31. The summed E-state index contributed by atoms with van der Waals surface area (Å²) >= 11 is 0. The van der Waals surface area contributed by atoms with Crippen molar-refractivity contribution in [1.82, 2.24) is 10.3 Å². The van der Waals surface area contributed by atoms with Crippen molar-refractivity contribution >= 4 is 35.1 Å². The number of carbonyl (C=O) groups excluding carboxylic acids is 1. The van der Waals surface area contributed by atoms with E-state index >= 15 is 0 Å². The molecule has 132 valence electrons. The zero-order chi connectivity index (χ0) is 16.8. The lowest BCUT2D eigenvalue weighted by Gasteiger charge is -2.04. The van der Waals surface area contributed by atoms with Crippen molar-refractivity contribution in [3.63, 3.8) is 0 Å². The molecule has 1 heterocycles. The van der Waals surface area contributed by atoms with Crippen LogP contribution in [-0.4, -0.2) is 24.5 Å². The van der Waals surface area contributed by atoms with Gasteiger partial charge in [0.05, 0.1) is 0 Å². The van der Waals surface area contributed by atoms with Gasteiger partial charge in [0.25, 0.3) is 0 Å². The number of nitrogens with one attached hydrogen (secondary N) is 2. The summed E-state index contributed by atoms with van der Waals surface area (Å²) in [6.07, 6.45) is 1.96. The molecule has 0 atom stereocenters. The first-order valence-corrected chi connectivity index (χ1v) is 8.12. The molecule has 25 heavy (non-hydrogen) atoms. The van der Waals surface area contributed by atoms with Crippen LogP contribution in [0.15, 0.2) is 52.9 Å². The first kappa shape index (κ1) is 19.0. The number of rotatable bonds is 7. The van der Waals surface area contributed by atoms with Gasteiger partial charge in [-0.05, 0) is 37.7 Å². The van der Waals surface area contributed by atoms with Crippen LogP contribution >= 0.6 is 12.4 Å². The highest BCUT2D eigenvalue weighted by Gasteiger charge is 2.09. The third-order valence-electron chi connectivity index (χ3n) is 3.75. The highest BCUT2D eigenvalue weighted by atomic mass is 35.5. The molecule has 0 aliphatic rings. The van der Waals surface area contributed by atoms with Crippen LogP contribution in [0, 0.1) is 0 Å². The summed E-state index contributed by atoms with van der Waals surface area (Å²) in [4.78, 5) is 16.4. The second kappa shape index (κ2) is 9.20. The zero-order valence-corrected chi connectivity index (χ0v) is 14.9. The van der Waals surface area contributed by atoms with Crippen molar-refractivity contribution in [3.05, 3.63) is 60.0 Å². The number of halogens is 1. The van der Waals surface area contributed by atoms with E-state index < -0.39 is 0 Å². The van der Waals surface area contributed by atoms with Gasteiger partial charge in [0.1, 0.15) is 5.52 Å². The number of carbonyl (C=O) groups is 1. The Kier molecular flexibility index (Phi) is 6.98. The van der Waals surface area contributed by atoms with Gasteiger partial charge in [-0.15, -0.1) is 12.4 Å². The minimum atomic E-state index is 0. The van der Waals surface area contributed by atoms with Crippen molar-refractivity contribution < 1.29 is 9.21 Å². The molecule has 0 spiro atoms. The van der Waals surface area contributed by atoms with Gasteiger partial charge in [0, 0.05) is 24.6 Å². The Labute approximate surface area is 153 Å². The highest BCUT2D eigenvalue weighted by molar-refractivity contribution is 5.92. The average molecular weight is 360 g/mol. The smallest absolute Gasteiger partial charge is 0.224 e. The van der Waals surface area contributed by atoms with Crippen LogP contribution in [0.2, 0.25) is 0 Å². The number of amides is 1. The molecule has 0 saturated heterocycles. The van der Waals surface area contributed by atoms with E-state index in [0.717, 1.165) is 29.7 Å². The van der Waals surface area contributed by atoms with E-state index in [0.29, 0.717) is 24.3 Å². The first-order valence-electron chi connectivity index (χ1n) is 8.12. The molecule has 3 rings (SSSR count). The van der Waals surface area contributed by atoms with Crippen LogP contribution in [0.25, 0.3) is 11.1 Å². The van der Waals surface area contributed by atoms with Gasteiger partial charge in [0.15, 0.2) is 11.5 Å². The van der Waals surface area contributed by atoms with Crippen molar-refractivity contribution in [2.75, 3.05) is 18.9 Å². The zero-order valence-electron chi connectivity index (χ0n) is 14.1. The third-order valence-corrected chi connectivity index (χ3v) is 3.75. The van der Waals surface area contributed by atoms with Gasteiger partial charge in [-0.25, -0.2) is 4.98 Å². The van der Waals surface area contributed by atoms with E-state index in [1.807, 2.05) is 55.6 Å². The normalized spacial score (nSPS) is 10.4. The molecule has 6 heteroatoms. The summed E-state index contributed by atoms with van der Waals surface area (Å²) in [6.45, 7) is 0.831. The molecule has 0 radical (unpaired) electrons. The largest absolute Gasteiger partial charge is 0.440 e. The number of aromatic nitrogens is 1. The summed E-state index contributed by atoms with van der Waals surface area (Å²) < 4.78 is 5.82. The van der Waals surface area contributed by atoms with E-state index in [2.05, 4.69) is 15.6 Å². The van der Waals surface area contributed by atoms with Crippen LogP contribution in [-0.2, 0) is 11.2 Å². The fourth-order valence-electron chi connectivity index (χ4n) is 2.55. The molecule has 1 amide bonds. The summed E-state index contributed by atoms with van der Waals surface area (Å²) in [5, 5.41) is 5.93. The van der Waals surface area contributed by atoms with Crippen molar-refractivity contribution in [2.24, 2.45) is 0 Å². The number of nitrogens with zero attached hydrogens (tertiary/aromatic N) is 1. The number of hydrogen-bond donors (Lipinski definition) is 2. The number of anilines is 1. The molecule has 1 aromatic heterocycles. The van der Waals surface area contributed by atoms with Crippen LogP contribution in [0.5, 0.6) is 0 Å². The molecule has 0 saturated carbocycles. The fourth-order valence-corrected chi connectivity index (χ4v) is 2.55. The summed E-state index contributed by atoms with van der Waals surface area (Å²) in [5.74, 6) is 0.683. The van der Waals surface area contributed by atoms with Crippen molar-refractivity contribution in [2.45, 2.75) is 19.3 Å². The summed E-state index contributed by atoms with van der Waals surface area (Å²) in [5.41, 5.74) is 3.38. The van der Waals surface area contributed by atoms with Gasteiger partial charge in [0.2, 0.25) is 5.91 Å². The number of oxazole rings is 1. The van der Waals surface area contributed by atoms with Crippen LogP contribution in [0.4, 0.5) is 5.69 Å². The van der Waals surface area contributed by atoms with Crippen LogP contribution in [0.3, 0.4) is 0 Å². The molecule has 0 aliphatic heterocycles. The Balaban J connectivity index is 0.00000225. The van der Waals surface area contributed by atoms with Crippen LogP contribution in [0.1, 0.15) is 24.3 Å². The van der Waals surface area contributed by atoms with Crippen LogP contribution < -0.4 is 10.6 Å². The Hall–Kier alpha value is -2.37. The predicted octanol–water partition coefficient (Wildman–Crippen LogP) is 3.78. The summed E-state index contributed by atoms with van der Waals surface area (Å²) in [6, 6.07) is 15.6.